The molecule has 0 amide bonds. The predicted octanol–water partition coefficient (Wildman–Crippen LogP) is 1.44. The van der Waals surface area contributed by atoms with Crippen LogP contribution in [-0.4, -0.2) is 40.0 Å². The Morgan fingerprint density at radius 3 is 2.85 bits per heavy atom. The zero-order valence-electron chi connectivity index (χ0n) is 11.1. The van der Waals surface area contributed by atoms with Crippen LogP contribution < -0.4 is 4.72 Å². The average Bonchev–Trinajstić information content (AvgIpc) is 2.82. The second-order valence-electron chi connectivity index (χ2n) is 5.02. The molecular weight excluding hydrogens is 298 g/mol. The molecule has 0 saturated carbocycles. The van der Waals surface area contributed by atoms with Gasteiger partial charge in [0, 0.05) is 13.1 Å². The van der Waals surface area contributed by atoms with Crippen LogP contribution in [0.5, 0.6) is 0 Å². The fourth-order valence-electron chi connectivity index (χ4n) is 2.26. The van der Waals surface area contributed by atoms with E-state index in [9.17, 15) is 8.42 Å². The van der Waals surface area contributed by atoms with Gasteiger partial charge in [-0.05, 0) is 44.1 Å². The summed E-state index contributed by atoms with van der Waals surface area (Å²) >= 11 is 5.86. The van der Waals surface area contributed by atoms with E-state index in [4.69, 9.17) is 16.9 Å². The lowest BCUT2D eigenvalue weighted by Gasteiger charge is -2.12. The van der Waals surface area contributed by atoms with Gasteiger partial charge in [0.05, 0.1) is 15.5 Å². The molecule has 1 fully saturated rings. The summed E-state index contributed by atoms with van der Waals surface area (Å²) in [6.45, 7) is 2.32. The second kappa shape index (κ2) is 6.10. The Hall–Kier alpha value is -1.13. The topological polar surface area (TPSA) is 73.2 Å². The van der Waals surface area contributed by atoms with Gasteiger partial charge in [-0.1, -0.05) is 11.6 Å². The first-order valence-electron chi connectivity index (χ1n) is 6.30. The SMILES string of the molecule is CN1CCC(CNS(=O)(=O)c2ccc(C#N)c(Cl)c2)C1. The number of hydrogen-bond acceptors (Lipinski definition) is 4. The fraction of sp³-hybridized carbons (Fsp3) is 0.462. The third-order valence-electron chi connectivity index (χ3n) is 3.42. The highest BCUT2D eigenvalue weighted by Crippen LogP contribution is 2.20. The van der Waals surface area contributed by atoms with Gasteiger partial charge in [-0.25, -0.2) is 13.1 Å². The van der Waals surface area contributed by atoms with Crippen molar-refractivity contribution in [2.75, 3.05) is 26.7 Å². The Labute approximate surface area is 124 Å². The molecule has 5 nitrogen and oxygen atoms in total. The summed E-state index contributed by atoms with van der Waals surface area (Å²) in [7, 11) is -1.55. The molecule has 2 rings (SSSR count). The standard InChI is InChI=1S/C13H16ClN3O2S/c1-17-5-4-10(9-17)8-16-20(18,19)12-3-2-11(7-15)13(14)6-12/h2-3,6,10,16H,4-5,8-9H2,1H3. The molecule has 108 valence electrons. The maximum Gasteiger partial charge on any atom is 0.240 e. The number of benzene rings is 1. The van der Waals surface area contributed by atoms with Crippen molar-refractivity contribution in [2.45, 2.75) is 11.3 Å². The van der Waals surface area contributed by atoms with Crippen molar-refractivity contribution < 1.29 is 8.42 Å². The third kappa shape index (κ3) is 3.49. The van der Waals surface area contributed by atoms with Crippen molar-refractivity contribution in [2.24, 2.45) is 5.92 Å². The molecule has 1 atom stereocenters. The van der Waals surface area contributed by atoms with E-state index < -0.39 is 10.0 Å². The van der Waals surface area contributed by atoms with Crippen molar-refractivity contribution in [3.05, 3.63) is 28.8 Å². The van der Waals surface area contributed by atoms with E-state index in [0.717, 1.165) is 19.5 Å². The van der Waals surface area contributed by atoms with Gasteiger partial charge in [0.2, 0.25) is 10.0 Å². The highest BCUT2D eigenvalue weighted by molar-refractivity contribution is 7.89. The van der Waals surface area contributed by atoms with Gasteiger partial charge < -0.3 is 4.90 Å². The van der Waals surface area contributed by atoms with Gasteiger partial charge in [0.25, 0.3) is 0 Å². The Morgan fingerprint density at radius 1 is 1.55 bits per heavy atom. The molecule has 1 aliphatic rings. The summed E-state index contributed by atoms with van der Waals surface area (Å²) in [6.07, 6.45) is 0.993. The molecule has 1 saturated heterocycles. The van der Waals surface area contributed by atoms with Crippen molar-refractivity contribution in [3.8, 4) is 6.07 Å². The Kier molecular flexibility index (Phi) is 4.66. The maximum atomic E-state index is 12.2. The van der Waals surface area contributed by atoms with Crippen LogP contribution in [0.4, 0.5) is 0 Å². The molecule has 0 aliphatic carbocycles. The van der Waals surface area contributed by atoms with Crippen LogP contribution in [0.3, 0.4) is 0 Å². The third-order valence-corrected chi connectivity index (χ3v) is 5.16. The van der Waals surface area contributed by atoms with Gasteiger partial charge in [-0.3, -0.25) is 0 Å². The molecule has 0 bridgehead atoms. The predicted molar refractivity (Wildman–Crippen MR) is 77.0 cm³/mol. The summed E-state index contributed by atoms with van der Waals surface area (Å²) in [5.74, 6) is 0.337. The molecule has 7 heteroatoms. The molecular formula is C13H16ClN3O2S. The molecule has 0 aromatic heterocycles. The van der Waals surface area contributed by atoms with Crippen molar-refractivity contribution in [1.82, 2.24) is 9.62 Å². The van der Waals surface area contributed by atoms with E-state index >= 15 is 0 Å². The monoisotopic (exact) mass is 313 g/mol. The van der Waals surface area contributed by atoms with E-state index in [1.165, 1.54) is 18.2 Å². The number of halogens is 1. The minimum Gasteiger partial charge on any atom is -0.306 e. The molecule has 1 aromatic rings. The number of nitriles is 1. The number of sulfonamides is 1. The number of hydrogen-bond donors (Lipinski definition) is 1. The smallest absolute Gasteiger partial charge is 0.240 e. The van der Waals surface area contributed by atoms with E-state index in [1.807, 2.05) is 13.1 Å². The summed E-state index contributed by atoms with van der Waals surface area (Å²) in [4.78, 5) is 2.27. The number of nitrogens with one attached hydrogen (secondary N) is 1. The zero-order valence-corrected chi connectivity index (χ0v) is 12.7. The number of nitrogens with zero attached hydrogens (tertiary/aromatic N) is 2. The van der Waals surface area contributed by atoms with Gasteiger partial charge in [-0.2, -0.15) is 5.26 Å². The summed E-state index contributed by atoms with van der Waals surface area (Å²) in [5, 5.41) is 8.93. The van der Waals surface area contributed by atoms with E-state index in [0.29, 0.717) is 12.5 Å². The molecule has 0 spiro atoms. The normalized spacial score (nSPS) is 19.9. The summed E-state index contributed by atoms with van der Waals surface area (Å²) in [6, 6.07) is 6.02. The minimum absolute atomic E-state index is 0.0906. The van der Waals surface area contributed by atoms with Crippen molar-refractivity contribution >= 4 is 21.6 Å². The Morgan fingerprint density at radius 2 is 2.30 bits per heavy atom. The second-order valence-corrected chi connectivity index (χ2v) is 7.20. The number of rotatable bonds is 4. The maximum absolute atomic E-state index is 12.2. The molecule has 1 unspecified atom stereocenters. The molecule has 20 heavy (non-hydrogen) atoms. The Balaban J connectivity index is 2.07. The van der Waals surface area contributed by atoms with E-state index in [-0.39, 0.29) is 15.5 Å². The van der Waals surface area contributed by atoms with Crippen molar-refractivity contribution in [1.29, 1.82) is 5.26 Å². The summed E-state index contributed by atoms with van der Waals surface area (Å²) in [5.41, 5.74) is 0.267. The lowest BCUT2D eigenvalue weighted by molar-refractivity contribution is 0.394. The summed E-state index contributed by atoms with van der Waals surface area (Å²) < 4.78 is 26.9. The molecule has 1 aliphatic heterocycles. The quantitative estimate of drug-likeness (QED) is 0.913. The fourth-order valence-corrected chi connectivity index (χ4v) is 3.69. The lowest BCUT2D eigenvalue weighted by atomic mass is 10.1. The van der Waals surface area contributed by atoms with E-state index in [2.05, 4.69) is 9.62 Å². The molecule has 1 aromatic carbocycles. The van der Waals surface area contributed by atoms with Gasteiger partial charge in [0.15, 0.2) is 0 Å². The van der Waals surface area contributed by atoms with Crippen molar-refractivity contribution in [3.63, 3.8) is 0 Å². The van der Waals surface area contributed by atoms with Crippen LogP contribution >= 0.6 is 11.6 Å². The molecule has 0 radical (unpaired) electrons. The van der Waals surface area contributed by atoms with Gasteiger partial charge in [0.1, 0.15) is 6.07 Å². The Bertz CT molecular complexity index is 640. The molecule has 1 N–H and O–H groups in total. The van der Waals surface area contributed by atoms with Crippen LogP contribution in [0.2, 0.25) is 5.02 Å². The van der Waals surface area contributed by atoms with Crippen LogP contribution in [0.25, 0.3) is 0 Å². The minimum atomic E-state index is -3.58. The average molecular weight is 314 g/mol. The highest BCUT2D eigenvalue weighted by atomic mass is 35.5. The highest BCUT2D eigenvalue weighted by Gasteiger charge is 2.22. The van der Waals surface area contributed by atoms with Crippen LogP contribution in [0, 0.1) is 17.2 Å². The van der Waals surface area contributed by atoms with E-state index in [1.54, 1.807) is 0 Å². The van der Waals surface area contributed by atoms with Crippen LogP contribution in [0.1, 0.15) is 12.0 Å². The zero-order chi connectivity index (χ0) is 14.8. The van der Waals surface area contributed by atoms with Crippen LogP contribution in [0.15, 0.2) is 23.1 Å². The van der Waals surface area contributed by atoms with Gasteiger partial charge in [-0.15, -0.1) is 0 Å². The van der Waals surface area contributed by atoms with Crippen LogP contribution in [-0.2, 0) is 10.0 Å². The lowest BCUT2D eigenvalue weighted by Crippen LogP contribution is -2.30. The first kappa shape index (κ1) is 15.3. The van der Waals surface area contributed by atoms with Gasteiger partial charge >= 0.3 is 0 Å². The first-order valence-corrected chi connectivity index (χ1v) is 8.16. The first-order chi connectivity index (χ1) is 9.42. The largest absolute Gasteiger partial charge is 0.306 e. The molecule has 1 heterocycles. The number of likely N-dealkylation sites (tertiary alicyclic amines) is 1.